The zero-order valence-corrected chi connectivity index (χ0v) is 24.8. The quantitative estimate of drug-likeness (QED) is 0.355. The first kappa shape index (κ1) is 29.8. The molecule has 11 heteroatoms. The Bertz CT molecular complexity index is 1340. The number of nitrogens with one attached hydrogen (secondary N) is 1. The number of hydrogen-bond donors (Lipinski definition) is 1. The molecule has 9 nitrogen and oxygen atoms in total. The number of aromatic nitrogens is 2. The first-order valence-electron chi connectivity index (χ1n) is 14.5. The Kier molecular flexibility index (Phi) is 9.58. The monoisotopic (exact) mass is 582 g/mol. The van der Waals surface area contributed by atoms with Crippen LogP contribution in [0, 0.1) is 18.6 Å². The van der Waals surface area contributed by atoms with Crippen molar-refractivity contribution in [1.29, 1.82) is 0 Å². The molecule has 2 aliphatic rings. The molecule has 5 rings (SSSR count). The van der Waals surface area contributed by atoms with Gasteiger partial charge in [-0.15, -0.1) is 0 Å². The van der Waals surface area contributed by atoms with Crippen LogP contribution in [0.15, 0.2) is 36.7 Å². The van der Waals surface area contributed by atoms with Crippen molar-refractivity contribution < 1.29 is 23.0 Å². The number of piperazine rings is 1. The highest BCUT2D eigenvalue weighted by molar-refractivity contribution is 5.67. The molecule has 2 fully saturated rings. The van der Waals surface area contributed by atoms with Crippen molar-refractivity contribution in [2.45, 2.75) is 39.3 Å². The van der Waals surface area contributed by atoms with Gasteiger partial charge in [-0.2, -0.15) is 0 Å². The van der Waals surface area contributed by atoms with Crippen molar-refractivity contribution >= 4 is 17.3 Å². The first-order valence-corrected chi connectivity index (χ1v) is 14.5. The van der Waals surface area contributed by atoms with Crippen LogP contribution in [0.4, 0.5) is 26.1 Å². The van der Waals surface area contributed by atoms with E-state index in [1.165, 1.54) is 25.6 Å². The highest BCUT2D eigenvalue weighted by Crippen LogP contribution is 2.35. The summed E-state index contributed by atoms with van der Waals surface area (Å²) in [5.41, 5.74) is 1.95. The van der Waals surface area contributed by atoms with Crippen LogP contribution in [0.25, 0.3) is 0 Å². The minimum absolute atomic E-state index is 0.0316. The standard InChI is InChI=1S/C31H40F2N6O3/c1-5-41-27-17-22(6-7-26(27)39-10-8-23(9-11-39)38-14-12-37(3)13-15-38)36-31-34-18-24(19-35-31)42-20-25-29(32)21(2)16-28(40-4)30(25)33/h6-7,16-19,23H,5,8-15,20H2,1-4H3,(H,34,35,36). The van der Waals surface area contributed by atoms with E-state index < -0.39 is 11.6 Å². The smallest absolute Gasteiger partial charge is 0.227 e. The average molecular weight is 583 g/mol. The van der Waals surface area contributed by atoms with Gasteiger partial charge < -0.3 is 29.3 Å². The molecule has 0 unspecified atom stereocenters. The molecule has 1 N–H and O–H groups in total. The third-order valence-corrected chi connectivity index (χ3v) is 8.05. The fraction of sp³-hybridized carbons (Fsp3) is 0.484. The summed E-state index contributed by atoms with van der Waals surface area (Å²) < 4.78 is 45.7. The first-order chi connectivity index (χ1) is 20.4. The van der Waals surface area contributed by atoms with E-state index in [0.717, 1.165) is 69.2 Å². The summed E-state index contributed by atoms with van der Waals surface area (Å²) in [6.45, 7) is 10.4. The molecule has 0 aliphatic carbocycles. The van der Waals surface area contributed by atoms with Crippen LogP contribution in [0.1, 0.15) is 30.9 Å². The van der Waals surface area contributed by atoms with Gasteiger partial charge in [-0.3, -0.25) is 4.90 Å². The van der Waals surface area contributed by atoms with Gasteiger partial charge in [-0.05, 0) is 57.5 Å². The van der Waals surface area contributed by atoms with Gasteiger partial charge >= 0.3 is 0 Å². The van der Waals surface area contributed by atoms with Gasteiger partial charge in [0.05, 0.1) is 37.4 Å². The Morgan fingerprint density at radius 1 is 0.929 bits per heavy atom. The highest BCUT2D eigenvalue weighted by Gasteiger charge is 2.28. The number of rotatable bonds is 10. The molecule has 226 valence electrons. The third-order valence-electron chi connectivity index (χ3n) is 8.05. The molecule has 0 spiro atoms. The Morgan fingerprint density at radius 3 is 2.31 bits per heavy atom. The van der Waals surface area contributed by atoms with Crippen molar-refractivity contribution in [3.8, 4) is 17.2 Å². The summed E-state index contributed by atoms with van der Waals surface area (Å²) in [4.78, 5) is 16.1. The lowest BCUT2D eigenvalue weighted by molar-refractivity contribution is 0.0981. The fourth-order valence-corrected chi connectivity index (χ4v) is 5.60. The van der Waals surface area contributed by atoms with Crippen LogP contribution < -0.4 is 24.4 Å². The van der Waals surface area contributed by atoms with Gasteiger partial charge in [0, 0.05) is 57.1 Å². The minimum Gasteiger partial charge on any atom is -0.494 e. The second-order valence-electron chi connectivity index (χ2n) is 10.8. The van der Waals surface area contributed by atoms with Gasteiger partial charge in [0.15, 0.2) is 17.3 Å². The van der Waals surface area contributed by atoms with E-state index in [1.807, 2.05) is 19.1 Å². The maximum Gasteiger partial charge on any atom is 0.227 e. The van der Waals surface area contributed by atoms with Gasteiger partial charge in [0.25, 0.3) is 0 Å². The SMILES string of the molecule is CCOc1cc(Nc2ncc(OCc3c(F)c(C)cc(OC)c3F)cn2)ccc1N1CCC(N2CCN(C)CC2)CC1. The Morgan fingerprint density at radius 2 is 1.64 bits per heavy atom. The molecule has 0 amide bonds. The predicted molar refractivity (Wildman–Crippen MR) is 159 cm³/mol. The van der Waals surface area contributed by atoms with Crippen LogP contribution in [0.3, 0.4) is 0 Å². The zero-order chi connectivity index (χ0) is 29.6. The van der Waals surface area contributed by atoms with Crippen molar-refractivity contribution in [1.82, 2.24) is 19.8 Å². The second kappa shape index (κ2) is 13.5. The van der Waals surface area contributed by atoms with Gasteiger partial charge in [0.2, 0.25) is 5.95 Å². The van der Waals surface area contributed by atoms with Crippen LogP contribution >= 0.6 is 0 Å². The summed E-state index contributed by atoms with van der Waals surface area (Å²) in [6, 6.07) is 8.01. The van der Waals surface area contributed by atoms with E-state index in [9.17, 15) is 8.78 Å². The zero-order valence-electron chi connectivity index (χ0n) is 24.8. The van der Waals surface area contributed by atoms with Crippen molar-refractivity contribution in [3.05, 3.63) is 59.4 Å². The second-order valence-corrected chi connectivity index (χ2v) is 10.8. The molecule has 0 radical (unpaired) electrons. The van der Waals surface area contributed by atoms with Gasteiger partial charge in [-0.1, -0.05) is 0 Å². The summed E-state index contributed by atoms with van der Waals surface area (Å²) in [6.07, 6.45) is 5.21. The lowest BCUT2D eigenvalue weighted by Gasteiger charge is -2.42. The van der Waals surface area contributed by atoms with Crippen molar-refractivity contribution in [3.63, 3.8) is 0 Å². The van der Waals surface area contributed by atoms with Gasteiger partial charge in [0.1, 0.15) is 18.2 Å². The Labute approximate surface area is 246 Å². The molecule has 2 aromatic carbocycles. The lowest BCUT2D eigenvalue weighted by Crippen LogP contribution is -2.52. The summed E-state index contributed by atoms with van der Waals surface area (Å²) >= 11 is 0. The normalized spacial score (nSPS) is 16.9. The van der Waals surface area contributed by atoms with E-state index in [2.05, 4.69) is 43.1 Å². The highest BCUT2D eigenvalue weighted by atomic mass is 19.1. The molecule has 3 aromatic rings. The van der Waals surface area contributed by atoms with E-state index in [4.69, 9.17) is 14.2 Å². The van der Waals surface area contributed by atoms with Crippen LogP contribution in [0.5, 0.6) is 17.2 Å². The van der Waals surface area contributed by atoms with Crippen LogP contribution in [0.2, 0.25) is 0 Å². The number of ether oxygens (including phenoxy) is 3. The Balaban J connectivity index is 1.20. The van der Waals surface area contributed by atoms with E-state index in [1.54, 1.807) is 6.92 Å². The predicted octanol–water partition coefficient (Wildman–Crippen LogP) is 5.01. The van der Waals surface area contributed by atoms with Crippen molar-refractivity contribution in [2.24, 2.45) is 0 Å². The molecular weight excluding hydrogens is 542 g/mol. The van der Waals surface area contributed by atoms with E-state index in [-0.39, 0.29) is 29.2 Å². The molecule has 2 aliphatic heterocycles. The van der Waals surface area contributed by atoms with E-state index >= 15 is 0 Å². The Hall–Kier alpha value is -3.70. The summed E-state index contributed by atoms with van der Waals surface area (Å²) in [5, 5.41) is 3.20. The van der Waals surface area contributed by atoms with Crippen molar-refractivity contribution in [2.75, 3.05) is 70.2 Å². The molecule has 1 aromatic heterocycles. The van der Waals surface area contributed by atoms with Gasteiger partial charge in [-0.25, -0.2) is 18.7 Å². The molecule has 0 bridgehead atoms. The minimum atomic E-state index is -0.784. The molecule has 3 heterocycles. The number of anilines is 3. The maximum atomic E-state index is 14.6. The van der Waals surface area contributed by atoms with Crippen LogP contribution in [-0.2, 0) is 6.61 Å². The molecule has 0 saturated carbocycles. The molecule has 0 atom stereocenters. The average Bonchev–Trinajstić information content (AvgIpc) is 3.01. The number of benzene rings is 2. The number of piperidine rings is 1. The number of hydrogen-bond acceptors (Lipinski definition) is 9. The number of likely N-dealkylation sites (N-methyl/N-ethyl adjacent to an activating group) is 1. The molecular formula is C31H40F2N6O3. The summed E-state index contributed by atoms with van der Waals surface area (Å²) in [5.74, 6) is -0.0208. The number of halogens is 2. The number of nitrogens with zero attached hydrogens (tertiary/aromatic N) is 5. The topological polar surface area (TPSA) is 75.2 Å². The van der Waals surface area contributed by atoms with Crippen LogP contribution in [-0.4, -0.2) is 85.8 Å². The third kappa shape index (κ3) is 6.84. The molecule has 2 saturated heterocycles. The maximum absolute atomic E-state index is 14.6. The number of methoxy groups -OCH3 is 1. The molecule has 42 heavy (non-hydrogen) atoms. The summed E-state index contributed by atoms with van der Waals surface area (Å²) in [7, 11) is 3.53. The van der Waals surface area contributed by atoms with E-state index in [0.29, 0.717) is 18.6 Å². The largest absolute Gasteiger partial charge is 0.494 e. The lowest BCUT2D eigenvalue weighted by atomic mass is 10.0. The number of aryl methyl sites for hydroxylation is 1. The fourth-order valence-electron chi connectivity index (χ4n) is 5.60.